The van der Waals surface area contributed by atoms with Gasteiger partial charge in [-0.3, -0.25) is 0 Å². The lowest BCUT2D eigenvalue weighted by atomic mass is 10.2. The molecule has 114 valence electrons. The van der Waals surface area contributed by atoms with Gasteiger partial charge in [-0.15, -0.1) is 0 Å². The van der Waals surface area contributed by atoms with Crippen molar-refractivity contribution < 1.29 is 13.9 Å². The smallest absolute Gasteiger partial charge is 0.247 e. The molecular weight excluding hydrogens is 280 g/mol. The Kier molecular flexibility index (Phi) is 3.06. The molecule has 1 fully saturated rings. The van der Waals surface area contributed by atoms with Crippen LogP contribution in [0.5, 0.6) is 0 Å². The van der Waals surface area contributed by atoms with Crippen LogP contribution in [-0.2, 0) is 21.8 Å². The molecule has 2 unspecified atom stereocenters. The number of hydrogen-bond acceptors (Lipinski definition) is 4. The molecule has 1 saturated heterocycles. The first kappa shape index (κ1) is 13.5. The minimum absolute atomic E-state index is 0.00302. The number of ether oxygens (including phenoxy) is 2. The normalized spacial score (nSPS) is 28.5. The van der Waals surface area contributed by atoms with E-state index in [1.165, 1.54) is 0 Å². The fourth-order valence-corrected chi connectivity index (χ4v) is 2.88. The number of benzene rings is 1. The topological polar surface area (TPSA) is 49.4 Å². The SMILES string of the molecule is CC1OC(Cn2ccnc2)(c2cc3ccccc3o2)OC1C. The lowest BCUT2D eigenvalue weighted by Gasteiger charge is -2.26. The van der Waals surface area contributed by atoms with Crippen LogP contribution in [0, 0.1) is 0 Å². The van der Waals surface area contributed by atoms with E-state index in [1.807, 2.05) is 54.9 Å². The highest BCUT2D eigenvalue weighted by atomic mass is 16.8. The molecule has 2 aromatic heterocycles. The second-order valence-corrected chi connectivity index (χ2v) is 5.78. The Hall–Kier alpha value is -2.11. The molecule has 1 aliphatic rings. The van der Waals surface area contributed by atoms with E-state index in [-0.39, 0.29) is 12.2 Å². The molecule has 0 N–H and O–H groups in total. The Labute approximate surface area is 128 Å². The van der Waals surface area contributed by atoms with Crippen LogP contribution in [0.25, 0.3) is 11.0 Å². The van der Waals surface area contributed by atoms with Crippen LogP contribution in [0.1, 0.15) is 19.6 Å². The number of hydrogen-bond donors (Lipinski definition) is 0. The van der Waals surface area contributed by atoms with Crippen molar-refractivity contribution in [1.82, 2.24) is 9.55 Å². The Morgan fingerprint density at radius 3 is 2.64 bits per heavy atom. The number of fused-ring (bicyclic) bond motifs is 1. The first-order valence-corrected chi connectivity index (χ1v) is 7.47. The van der Waals surface area contributed by atoms with Crippen LogP contribution < -0.4 is 0 Å². The van der Waals surface area contributed by atoms with Crippen LogP contribution in [0.4, 0.5) is 0 Å². The summed E-state index contributed by atoms with van der Waals surface area (Å²) in [6.45, 7) is 4.54. The molecule has 5 heteroatoms. The second kappa shape index (κ2) is 4.97. The van der Waals surface area contributed by atoms with Gasteiger partial charge in [0, 0.05) is 17.8 Å². The van der Waals surface area contributed by atoms with E-state index in [0.29, 0.717) is 12.3 Å². The Bertz CT molecular complexity index is 735. The molecule has 0 bridgehead atoms. The third-order valence-electron chi connectivity index (χ3n) is 4.16. The first-order valence-electron chi connectivity index (χ1n) is 7.47. The van der Waals surface area contributed by atoms with Gasteiger partial charge in [-0.05, 0) is 26.0 Å². The summed E-state index contributed by atoms with van der Waals surface area (Å²) in [4.78, 5) is 4.09. The van der Waals surface area contributed by atoms with Crippen LogP contribution in [0.2, 0.25) is 0 Å². The molecule has 5 nitrogen and oxygen atoms in total. The van der Waals surface area contributed by atoms with E-state index in [0.717, 1.165) is 11.0 Å². The molecule has 3 heterocycles. The van der Waals surface area contributed by atoms with Crippen molar-refractivity contribution in [3.8, 4) is 0 Å². The molecule has 1 aliphatic heterocycles. The number of imidazole rings is 1. The monoisotopic (exact) mass is 298 g/mol. The molecule has 3 aromatic rings. The average molecular weight is 298 g/mol. The number of aromatic nitrogens is 2. The minimum atomic E-state index is -0.918. The van der Waals surface area contributed by atoms with E-state index in [9.17, 15) is 0 Å². The van der Waals surface area contributed by atoms with Crippen molar-refractivity contribution in [2.75, 3.05) is 0 Å². The zero-order valence-electron chi connectivity index (χ0n) is 12.6. The van der Waals surface area contributed by atoms with Crippen LogP contribution in [0.3, 0.4) is 0 Å². The van der Waals surface area contributed by atoms with Crippen molar-refractivity contribution in [1.29, 1.82) is 0 Å². The van der Waals surface area contributed by atoms with Gasteiger partial charge >= 0.3 is 0 Å². The maximum absolute atomic E-state index is 6.19. The summed E-state index contributed by atoms with van der Waals surface area (Å²) in [7, 11) is 0. The summed E-state index contributed by atoms with van der Waals surface area (Å²) >= 11 is 0. The van der Waals surface area contributed by atoms with Gasteiger partial charge in [0.2, 0.25) is 5.79 Å². The number of para-hydroxylation sites is 1. The lowest BCUT2D eigenvalue weighted by molar-refractivity contribution is -0.203. The fourth-order valence-electron chi connectivity index (χ4n) is 2.88. The largest absolute Gasteiger partial charge is 0.455 e. The summed E-state index contributed by atoms with van der Waals surface area (Å²) in [6.07, 6.45) is 5.39. The molecule has 0 amide bonds. The Morgan fingerprint density at radius 1 is 1.18 bits per heavy atom. The fraction of sp³-hybridized carbons (Fsp3) is 0.353. The summed E-state index contributed by atoms with van der Waals surface area (Å²) < 4.78 is 20.3. The molecule has 1 aromatic carbocycles. The van der Waals surface area contributed by atoms with Crippen molar-refractivity contribution >= 4 is 11.0 Å². The minimum Gasteiger partial charge on any atom is -0.455 e. The third kappa shape index (κ3) is 2.14. The van der Waals surface area contributed by atoms with Gasteiger partial charge in [-0.1, -0.05) is 18.2 Å². The molecule has 0 radical (unpaired) electrons. The summed E-state index contributed by atoms with van der Waals surface area (Å²) in [5.74, 6) is -0.225. The van der Waals surface area contributed by atoms with Gasteiger partial charge in [0.05, 0.1) is 25.1 Å². The zero-order chi connectivity index (χ0) is 15.2. The predicted octanol–water partition coefficient (Wildman–Crippen LogP) is 3.31. The van der Waals surface area contributed by atoms with E-state index in [4.69, 9.17) is 13.9 Å². The number of rotatable bonds is 3. The quantitative estimate of drug-likeness (QED) is 0.744. The van der Waals surface area contributed by atoms with Gasteiger partial charge in [0.15, 0.2) is 5.76 Å². The summed E-state index contributed by atoms with van der Waals surface area (Å²) in [5, 5.41) is 1.04. The number of furan rings is 1. The Balaban J connectivity index is 1.79. The standard InChI is InChI=1S/C17H18N2O3/c1-12-13(2)22-17(21-12,10-19-8-7-18-11-19)16-9-14-5-3-4-6-15(14)20-16/h3-9,11-13H,10H2,1-2H3. The van der Waals surface area contributed by atoms with Crippen molar-refractivity contribution in [3.63, 3.8) is 0 Å². The summed E-state index contributed by atoms with van der Waals surface area (Å²) in [6, 6.07) is 9.92. The predicted molar refractivity (Wildman–Crippen MR) is 81.2 cm³/mol. The summed E-state index contributed by atoms with van der Waals surface area (Å²) in [5.41, 5.74) is 0.835. The molecule has 4 rings (SSSR count). The maximum atomic E-state index is 6.19. The number of nitrogens with zero attached hydrogens (tertiary/aromatic N) is 2. The maximum Gasteiger partial charge on any atom is 0.247 e. The molecule has 0 saturated carbocycles. The van der Waals surface area contributed by atoms with Gasteiger partial charge in [0.1, 0.15) is 5.58 Å². The molecule has 0 spiro atoms. The van der Waals surface area contributed by atoms with Crippen LogP contribution in [0.15, 0.2) is 53.5 Å². The highest BCUT2D eigenvalue weighted by Crippen LogP contribution is 2.41. The van der Waals surface area contributed by atoms with Crippen LogP contribution >= 0.6 is 0 Å². The van der Waals surface area contributed by atoms with E-state index < -0.39 is 5.79 Å². The third-order valence-corrected chi connectivity index (χ3v) is 4.16. The van der Waals surface area contributed by atoms with E-state index >= 15 is 0 Å². The first-order chi connectivity index (χ1) is 10.7. The van der Waals surface area contributed by atoms with E-state index in [2.05, 4.69) is 4.98 Å². The van der Waals surface area contributed by atoms with Gasteiger partial charge < -0.3 is 18.5 Å². The zero-order valence-corrected chi connectivity index (χ0v) is 12.6. The second-order valence-electron chi connectivity index (χ2n) is 5.78. The highest BCUT2D eigenvalue weighted by Gasteiger charge is 2.48. The van der Waals surface area contributed by atoms with Gasteiger partial charge in [-0.25, -0.2) is 4.98 Å². The van der Waals surface area contributed by atoms with Gasteiger partial charge in [0.25, 0.3) is 0 Å². The lowest BCUT2D eigenvalue weighted by Crippen LogP contribution is -2.32. The molecule has 22 heavy (non-hydrogen) atoms. The van der Waals surface area contributed by atoms with Crippen molar-refractivity contribution in [3.05, 3.63) is 54.8 Å². The highest BCUT2D eigenvalue weighted by molar-refractivity contribution is 5.77. The van der Waals surface area contributed by atoms with Crippen LogP contribution in [-0.4, -0.2) is 21.8 Å². The van der Waals surface area contributed by atoms with Gasteiger partial charge in [-0.2, -0.15) is 0 Å². The van der Waals surface area contributed by atoms with E-state index in [1.54, 1.807) is 12.5 Å². The van der Waals surface area contributed by atoms with Crippen molar-refractivity contribution in [2.24, 2.45) is 0 Å². The Morgan fingerprint density at radius 2 is 1.95 bits per heavy atom. The molecular formula is C17H18N2O3. The average Bonchev–Trinajstić information content (AvgIpc) is 3.20. The molecule has 0 aliphatic carbocycles. The molecule has 2 atom stereocenters. The van der Waals surface area contributed by atoms with Crippen molar-refractivity contribution in [2.45, 2.75) is 38.4 Å².